The molecule has 0 spiro atoms. The number of nitrogens with zero attached hydrogens (tertiary/aromatic N) is 4. The van der Waals surface area contributed by atoms with Crippen LogP contribution in [0.15, 0.2) is 35.4 Å². The van der Waals surface area contributed by atoms with Crippen molar-refractivity contribution in [3.63, 3.8) is 0 Å². The summed E-state index contributed by atoms with van der Waals surface area (Å²) in [5.74, 6) is -0.340. The third-order valence-corrected chi connectivity index (χ3v) is 11.9. The predicted molar refractivity (Wildman–Crippen MR) is 208 cm³/mol. The highest BCUT2D eigenvalue weighted by molar-refractivity contribution is 7.98. The molecule has 2 atom stereocenters. The first kappa shape index (κ1) is 38.2. The van der Waals surface area contributed by atoms with Crippen LogP contribution in [0.25, 0.3) is 32.9 Å². The minimum absolute atomic E-state index is 0.121. The summed E-state index contributed by atoms with van der Waals surface area (Å²) in [5, 5.41) is 15.2. The molecule has 2 fully saturated rings. The Labute approximate surface area is 319 Å². The van der Waals surface area contributed by atoms with Crippen LogP contribution in [0.2, 0.25) is 10.0 Å². The van der Waals surface area contributed by atoms with Gasteiger partial charge in [0, 0.05) is 58.6 Å². The lowest BCUT2D eigenvalue weighted by Gasteiger charge is -2.31. The quantitative estimate of drug-likeness (QED) is 0.153. The smallest absolute Gasteiger partial charge is 0.407 e. The van der Waals surface area contributed by atoms with E-state index < -0.39 is 17.5 Å². The molecule has 2 aliphatic rings. The normalized spacial score (nSPS) is 17.4. The van der Waals surface area contributed by atoms with Gasteiger partial charge in [0.05, 0.1) is 27.7 Å². The number of halogens is 3. The molecule has 6 rings (SSSR count). The molecule has 3 heterocycles. The predicted octanol–water partition coefficient (Wildman–Crippen LogP) is 10.8. The number of fused-ring (bicyclic) bond motifs is 3. The second-order valence-electron chi connectivity index (χ2n) is 15.2. The first-order valence-corrected chi connectivity index (χ1v) is 20.0. The lowest BCUT2D eigenvalue weighted by atomic mass is 9.93. The Morgan fingerprint density at radius 3 is 2.63 bits per heavy atom. The molecule has 0 bridgehead atoms. The van der Waals surface area contributed by atoms with Gasteiger partial charge in [-0.3, -0.25) is 4.79 Å². The standard InChI is InChI=1S/C40H46Cl2FN5O3S/c1-7-24(15-19-45-38(50)51-39(2,3)4)48-30(29-14-10-20-47(29)37(49)40(5)16-17-40)22-27-35(48)26-21-23(11-9-18-44)31(25-12-8-13-28(41)32(25)42)33(43)34(26)46-36(27)52-6/h8,12-13,21-22,24,29H,7,9-11,14-17,19-20H2,1-6H3,(H,45,50). The Morgan fingerprint density at radius 2 is 1.98 bits per heavy atom. The number of aromatic nitrogens is 2. The van der Waals surface area contributed by atoms with Gasteiger partial charge in [-0.15, -0.1) is 11.8 Å². The maximum atomic E-state index is 17.3. The SMILES string of the molecule is CCC(CCNC(=O)OC(C)(C)C)n1c(C2CCCN2C(=O)C2(C)CC2)cc2c(SC)nc3c(F)c(-c4cccc(Cl)c4Cl)c(CCC#N)cc3c21. The maximum Gasteiger partial charge on any atom is 0.407 e. The summed E-state index contributed by atoms with van der Waals surface area (Å²) in [4.78, 5) is 33.6. The number of hydrogen-bond donors (Lipinski definition) is 1. The number of benzene rings is 2. The molecular weight excluding hydrogens is 720 g/mol. The van der Waals surface area contributed by atoms with E-state index in [0.29, 0.717) is 58.9 Å². The van der Waals surface area contributed by atoms with Crippen LogP contribution in [0.5, 0.6) is 0 Å². The highest BCUT2D eigenvalue weighted by Gasteiger charge is 2.50. The van der Waals surface area contributed by atoms with Crippen molar-refractivity contribution in [3.05, 3.63) is 57.5 Å². The first-order valence-electron chi connectivity index (χ1n) is 18.1. The van der Waals surface area contributed by atoms with Crippen molar-refractivity contribution in [1.29, 1.82) is 5.26 Å². The summed E-state index contributed by atoms with van der Waals surface area (Å²) in [5.41, 5.74) is 2.41. The molecule has 2 unspecified atom stereocenters. The summed E-state index contributed by atoms with van der Waals surface area (Å²) in [7, 11) is 0. The van der Waals surface area contributed by atoms with Gasteiger partial charge in [-0.05, 0) is 95.7 Å². The largest absolute Gasteiger partial charge is 0.444 e. The summed E-state index contributed by atoms with van der Waals surface area (Å²) in [6, 6.07) is 11.2. The number of nitriles is 1. The number of thioether (sulfide) groups is 1. The number of pyridine rings is 1. The van der Waals surface area contributed by atoms with Gasteiger partial charge < -0.3 is 19.5 Å². The van der Waals surface area contributed by atoms with Gasteiger partial charge in [0.25, 0.3) is 0 Å². The highest BCUT2D eigenvalue weighted by atomic mass is 35.5. The molecule has 4 aromatic rings. The number of carbonyl (C=O) groups excluding carboxylic acids is 2. The molecule has 2 aromatic carbocycles. The van der Waals surface area contributed by atoms with Gasteiger partial charge >= 0.3 is 6.09 Å². The average molecular weight is 767 g/mol. The van der Waals surface area contributed by atoms with Crippen LogP contribution in [0.3, 0.4) is 0 Å². The Hall–Kier alpha value is -3.52. The van der Waals surface area contributed by atoms with E-state index >= 15 is 4.39 Å². The van der Waals surface area contributed by atoms with Gasteiger partial charge in [-0.25, -0.2) is 14.2 Å². The topological polar surface area (TPSA) is 100 Å². The summed E-state index contributed by atoms with van der Waals surface area (Å²) in [6.07, 6.45) is 6.67. The van der Waals surface area contributed by atoms with Crippen molar-refractivity contribution in [3.8, 4) is 17.2 Å². The zero-order chi connectivity index (χ0) is 37.5. The molecule has 1 N–H and O–H groups in total. The maximum absolute atomic E-state index is 17.3. The fourth-order valence-corrected chi connectivity index (χ4v) is 8.50. The Bertz CT molecular complexity index is 2080. The minimum Gasteiger partial charge on any atom is -0.444 e. The van der Waals surface area contributed by atoms with Crippen molar-refractivity contribution >= 4 is 68.8 Å². The average Bonchev–Trinajstić information content (AvgIpc) is 3.48. The zero-order valence-electron chi connectivity index (χ0n) is 30.7. The number of likely N-dealkylation sites (tertiary alicyclic amines) is 1. The van der Waals surface area contributed by atoms with E-state index in [2.05, 4.69) is 40.8 Å². The van der Waals surface area contributed by atoms with Gasteiger partial charge in [-0.2, -0.15) is 5.26 Å². The fraction of sp³-hybridized carbons (Fsp3) is 0.500. The number of aryl methyl sites for hydroxylation is 1. The monoisotopic (exact) mass is 765 g/mol. The summed E-state index contributed by atoms with van der Waals surface area (Å²) < 4.78 is 25.1. The van der Waals surface area contributed by atoms with Crippen molar-refractivity contribution < 1.29 is 18.7 Å². The molecular formula is C40H46Cl2FN5O3S. The molecule has 276 valence electrons. The molecule has 52 heavy (non-hydrogen) atoms. The molecule has 1 saturated carbocycles. The van der Waals surface area contributed by atoms with E-state index in [0.717, 1.165) is 42.3 Å². The van der Waals surface area contributed by atoms with E-state index in [1.807, 2.05) is 33.1 Å². The Kier molecular flexibility index (Phi) is 11.1. The number of amides is 2. The fourth-order valence-electron chi connectivity index (χ4n) is 7.54. The molecule has 1 aliphatic heterocycles. The minimum atomic E-state index is -0.629. The van der Waals surface area contributed by atoms with E-state index in [1.165, 1.54) is 11.8 Å². The molecule has 1 saturated heterocycles. The number of carbonyl (C=O) groups is 2. The molecule has 2 aromatic heterocycles. The number of rotatable bonds is 11. The highest BCUT2D eigenvalue weighted by Crippen LogP contribution is 2.51. The van der Waals surface area contributed by atoms with Crippen LogP contribution >= 0.6 is 35.0 Å². The van der Waals surface area contributed by atoms with Gasteiger partial charge in [0.15, 0.2) is 5.82 Å². The van der Waals surface area contributed by atoms with E-state index in [4.69, 9.17) is 32.9 Å². The van der Waals surface area contributed by atoms with Crippen LogP contribution in [-0.4, -0.2) is 51.4 Å². The Morgan fingerprint density at radius 1 is 1.23 bits per heavy atom. The van der Waals surface area contributed by atoms with Crippen molar-refractivity contribution in [2.45, 2.75) is 109 Å². The van der Waals surface area contributed by atoms with Crippen molar-refractivity contribution in [1.82, 2.24) is 19.8 Å². The third-order valence-electron chi connectivity index (χ3n) is 10.4. The molecule has 8 nitrogen and oxygen atoms in total. The van der Waals surface area contributed by atoms with Crippen molar-refractivity contribution in [2.24, 2.45) is 5.41 Å². The molecule has 0 radical (unpaired) electrons. The zero-order valence-corrected chi connectivity index (χ0v) is 33.0. The van der Waals surface area contributed by atoms with Crippen LogP contribution in [0, 0.1) is 22.6 Å². The lowest BCUT2D eigenvalue weighted by molar-refractivity contribution is -0.137. The van der Waals surface area contributed by atoms with Crippen LogP contribution in [-0.2, 0) is 16.0 Å². The number of ether oxygens (including phenoxy) is 1. The van der Waals surface area contributed by atoms with Gasteiger partial charge in [0.2, 0.25) is 5.91 Å². The number of alkyl carbamates (subject to hydrolysis) is 1. The third kappa shape index (κ3) is 7.34. The second kappa shape index (κ2) is 15.1. The summed E-state index contributed by atoms with van der Waals surface area (Å²) >= 11 is 14.6. The Balaban J connectivity index is 1.60. The molecule has 2 amide bonds. The lowest BCUT2D eigenvalue weighted by Crippen LogP contribution is -2.37. The van der Waals surface area contributed by atoms with Gasteiger partial charge in [-0.1, -0.05) is 49.2 Å². The second-order valence-corrected chi connectivity index (χ2v) is 16.8. The van der Waals surface area contributed by atoms with E-state index in [1.54, 1.807) is 18.2 Å². The van der Waals surface area contributed by atoms with Crippen LogP contribution in [0.4, 0.5) is 9.18 Å². The molecule has 12 heteroatoms. The van der Waals surface area contributed by atoms with Gasteiger partial charge in [0.1, 0.15) is 16.1 Å². The van der Waals surface area contributed by atoms with Crippen LogP contribution < -0.4 is 5.32 Å². The first-order chi connectivity index (χ1) is 24.7. The van der Waals surface area contributed by atoms with Crippen LogP contribution in [0.1, 0.15) is 103 Å². The summed E-state index contributed by atoms with van der Waals surface area (Å²) in [6.45, 7) is 10.7. The number of nitrogens with one attached hydrogen (secondary N) is 1. The molecule has 1 aliphatic carbocycles. The van der Waals surface area contributed by atoms with E-state index in [-0.39, 0.29) is 45.9 Å². The number of hydrogen-bond acceptors (Lipinski definition) is 6. The van der Waals surface area contributed by atoms with E-state index in [9.17, 15) is 14.9 Å². The van der Waals surface area contributed by atoms with Crippen molar-refractivity contribution in [2.75, 3.05) is 19.3 Å².